The Morgan fingerprint density at radius 2 is 1.71 bits per heavy atom. The first-order valence-electron chi connectivity index (χ1n) is 13.1. The zero-order valence-corrected chi connectivity index (χ0v) is 22.2. The van der Waals surface area contributed by atoms with Crippen LogP contribution in [0.15, 0.2) is 36.4 Å². The fourth-order valence-electron chi connectivity index (χ4n) is 5.55. The Morgan fingerprint density at radius 1 is 0.974 bits per heavy atom. The van der Waals surface area contributed by atoms with E-state index in [0.29, 0.717) is 41.4 Å². The summed E-state index contributed by atoms with van der Waals surface area (Å²) in [6.07, 6.45) is 1.56. The Labute approximate surface area is 220 Å². The third-order valence-corrected chi connectivity index (χ3v) is 7.22. The monoisotopic (exact) mass is 517 g/mol. The van der Waals surface area contributed by atoms with E-state index in [1.807, 2.05) is 39.8 Å². The number of aryl methyl sites for hydroxylation is 1. The Kier molecular flexibility index (Phi) is 5.85. The number of amides is 1. The van der Waals surface area contributed by atoms with Crippen LogP contribution < -0.4 is 9.80 Å². The fraction of sp³-hybridized carbons (Fsp3) is 0.429. The van der Waals surface area contributed by atoms with Crippen molar-refractivity contribution in [3.63, 3.8) is 0 Å². The maximum absolute atomic E-state index is 15.3. The van der Waals surface area contributed by atoms with E-state index in [1.165, 1.54) is 11.6 Å². The zero-order chi connectivity index (χ0) is 26.6. The molecule has 38 heavy (non-hydrogen) atoms. The average molecular weight is 518 g/mol. The van der Waals surface area contributed by atoms with Crippen LogP contribution in [-0.2, 0) is 11.2 Å². The number of halogens is 1. The molecule has 0 N–H and O–H groups in total. The lowest BCUT2D eigenvalue weighted by molar-refractivity contribution is 0.0240. The first-order chi connectivity index (χ1) is 18.2. The Morgan fingerprint density at radius 3 is 2.47 bits per heavy atom. The molecule has 2 aliphatic heterocycles. The van der Waals surface area contributed by atoms with Crippen LogP contribution in [0.3, 0.4) is 0 Å². The molecular weight excluding hydrogens is 485 g/mol. The van der Waals surface area contributed by atoms with Crippen LogP contribution >= 0.6 is 0 Å². The fourth-order valence-corrected chi connectivity index (χ4v) is 5.55. The minimum Gasteiger partial charge on any atom is -0.444 e. The summed E-state index contributed by atoms with van der Waals surface area (Å²) in [6, 6.07) is 11.3. The van der Waals surface area contributed by atoms with E-state index in [9.17, 15) is 4.79 Å². The lowest BCUT2D eigenvalue weighted by Gasteiger charge is -2.39. The normalized spacial score (nSPS) is 16.3. The number of piperazine rings is 1. The van der Waals surface area contributed by atoms with Crippen molar-refractivity contribution in [3.05, 3.63) is 53.6 Å². The second kappa shape index (κ2) is 9.11. The quantitative estimate of drug-likeness (QED) is 0.376. The number of ether oxygens (including phenoxy) is 1. The SMILES string of the molecule is Cc1nnc2nc(N3CCCc4c(N5CCN(C(=O)OC(C)(C)C)CC5)cccc43)c3c(F)cccc3n12. The first kappa shape index (κ1) is 24.4. The predicted octanol–water partition coefficient (Wildman–Crippen LogP) is 4.87. The number of nitrogens with zero attached hydrogens (tertiary/aromatic N) is 7. The molecule has 2 aromatic heterocycles. The molecule has 0 aliphatic carbocycles. The molecule has 9 nitrogen and oxygen atoms in total. The number of fused-ring (bicyclic) bond motifs is 4. The van der Waals surface area contributed by atoms with Gasteiger partial charge in [0.2, 0.25) is 0 Å². The molecule has 0 bridgehead atoms. The molecule has 0 atom stereocenters. The molecule has 198 valence electrons. The van der Waals surface area contributed by atoms with Gasteiger partial charge in [-0.05, 0) is 70.4 Å². The summed E-state index contributed by atoms with van der Waals surface area (Å²) in [4.78, 5) is 23.6. The topological polar surface area (TPSA) is 79.1 Å². The van der Waals surface area contributed by atoms with Gasteiger partial charge in [-0.3, -0.25) is 4.40 Å². The summed E-state index contributed by atoms with van der Waals surface area (Å²) in [6.45, 7) is 10.9. The molecular formula is C28H32FN7O2. The maximum Gasteiger partial charge on any atom is 0.410 e. The molecule has 2 aromatic carbocycles. The average Bonchev–Trinajstić information content (AvgIpc) is 3.27. The highest BCUT2D eigenvalue weighted by Gasteiger charge is 2.30. The number of hydrogen-bond acceptors (Lipinski definition) is 7. The third kappa shape index (κ3) is 4.17. The number of hydrogen-bond donors (Lipinski definition) is 0. The van der Waals surface area contributed by atoms with Gasteiger partial charge < -0.3 is 19.4 Å². The molecule has 1 amide bonds. The van der Waals surface area contributed by atoms with Crippen LogP contribution in [0.4, 0.5) is 26.4 Å². The molecule has 0 unspecified atom stereocenters. The number of carbonyl (C=O) groups excluding carboxylic acids is 1. The number of rotatable bonds is 2. The van der Waals surface area contributed by atoms with Crippen molar-refractivity contribution in [3.8, 4) is 0 Å². The van der Waals surface area contributed by atoms with Crippen LogP contribution in [0.25, 0.3) is 16.7 Å². The van der Waals surface area contributed by atoms with Crippen LogP contribution in [0.5, 0.6) is 0 Å². The van der Waals surface area contributed by atoms with Crippen molar-refractivity contribution in [1.82, 2.24) is 24.5 Å². The predicted molar refractivity (Wildman–Crippen MR) is 145 cm³/mol. The van der Waals surface area contributed by atoms with E-state index >= 15 is 4.39 Å². The second-order valence-corrected chi connectivity index (χ2v) is 10.9. The van der Waals surface area contributed by atoms with Gasteiger partial charge in [-0.2, -0.15) is 4.98 Å². The van der Waals surface area contributed by atoms with Gasteiger partial charge in [-0.25, -0.2) is 9.18 Å². The van der Waals surface area contributed by atoms with Crippen molar-refractivity contribution in [2.45, 2.75) is 46.1 Å². The molecule has 0 spiro atoms. The van der Waals surface area contributed by atoms with Gasteiger partial charge in [0.05, 0.1) is 10.9 Å². The van der Waals surface area contributed by atoms with Crippen LogP contribution in [0.2, 0.25) is 0 Å². The zero-order valence-electron chi connectivity index (χ0n) is 22.2. The summed E-state index contributed by atoms with van der Waals surface area (Å²) in [5.74, 6) is 1.37. The van der Waals surface area contributed by atoms with Crippen LogP contribution in [0.1, 0.15) is 38.6 Å². The van der Waals surface area contributed by atoms with Gasteiger partial charge in [0.1, 0.15) is 23.1 Å². The summed E-state index contributed by atoms with van der Waals surface area (Å²) in [5, 5.41) is 8.90. The standard InChI is InChI=1S/C28H32FN7O2/c1-18-31-32-26-30-25(24-20(29)9-5-12-23(24)36(18)26)35-13-7-8-19-21(10-6-11-22(19)35)33-14-16-34(17-15-33)27(37)38-28(2,3)4/h5-6,9-12H,7-8,13-17H2,1-4H3. The Hall–Kier alpha value is -3.95. The first-order valence-corrected chi connectivity index (χ1v) is 13.1. The van der Waals surface area contributed by atoms with Crippen LogP contribution in [-0.4, -0.2) is 68.9 Å². The van der Waals surface area contributed by atoms with Gasteiger partial charge >= 0.3 is 6.09 Å². The van der Waals surface area contributed by atoms with Gasteiger partial charge in [-0.15, -0.1) is 10.2 Å². The van der Waals surface area contributed by atoms with Crippen molar-refractivity contribution < 1.29 is 13.9 Å². The molecule has 6 rings (SSSR count). The Balaban J connectivity index is 1.35. The summed E-state index contributed by atoms with van der Waals surface area (Å²) >= 11 is 0. The highest BCUT2D eigenvalue weighted by Crippen LogP contribution is 2.41. The largest absolute Gasteiger partial charge is 0.444 e. The minimum absolute atomic E-state index is 0.266. The van der Waals surface area contributed by atoms with Crippen molar-refractivity contribution >= 4 is 40.0 Å². The highest BCUT2D eigenvalue weighted by molar-refractivity contribution is 5.95. The van der Waals surface area contributed by atoms with Gasteiger partial charge in [0.15, 0.2) is 0 Å². The minimum atomic E-state index is -0.512. The van der Waals surface area contributed by atoms with E-state index in [0.717, 1.165) is 43.9 Å². The van der Waals surface area contributed by atoms with Gasteiger partial charge in [-0.1, -0.05) is 12.1 Å². The van der Waals surface area contributed by atoms with Gasteiger partial charge in [0, 0.05) is 44.1 Å². The van der Waals surface area contributed by atoms with E-state index in [2.05, 4.69) is 32.1 Å². The molecule has 2 aliphatic rings. The van der Waals surface area contributed by atoms with E-state index in [-0.39, 0.29) is 11.9 Å². The highest BCUT2D eigenvalue weighted by atomic mass is 19.1. The van der Waals surface area contributed by atoms with Gasteiger partial charge in [0.25, 0.3) is 5.78 Å². The van der Waals surface area contributed by atoms with Crippen molar-refractivity contribution in [2.75, 3.05) is 42.5 Å². The number of carbonyl (C=O) groups is 1. The summed E-state index contributed by atoms with van der Waals surface area (Å²) in [5.41, 5.74) is 3.59. The Bertz CT molecular complexity index is 1540. The summed E-state index contributed by atoms with van der Waals surface area (Å²) in [7, 11) is 0. The third-order valence-electron chi connectivity index (χ3n) is 7.22. The lowest BCUT2D eigenvalue weighted by Crippen LogP contribution is -2.50. The smallest absolute Gasteiger partial charge is 0.410 e. The maximum atomic E-state index is 15.3. The molecule has 0 saturated carbocycles. The van der Waals surface area contributed by atoms with Crippen molar-refractivity contribution in [2.24, 2.45) is 0 Å². The van der Waals surface area contributed by atoms with Crippen molar-refractivity contribution in [1.29, 1.82) is 0 Å². The van der Waals surface area contributed by atoms with E-state index in [4.69, 9.17) is 9.72 Å². The molecule has 10 heteroatoms. The lowest BCUT2D eigenvalue weighted by atomic mass is 9.98. The number of anilines is 3. The second-order valence-electron chi connectivity index (χ2n) is 10.9. The molecule has 1 saturated heterocycles. The number of aromatic nitrogens is 4. The molecule has 0 radical (unpaired) electrons. The van der Waals surface area contributed by atoms with E-state index < -0.39 is 5.60 Å². The molecule has 1 fully saturated rings. The molecule has 4 heterocycles. The van der Waals surface area contributed by atoms with Crippen LogP contribution in [0, 0.1) is 12.7 Å². The van der Waals surface area contributed by atoms with E-state index in [1.54, 1.807) is 15.4 Å². The summed E-state index contributed by atoms with van der Waals surface area (Å²) < 4.78 is 22.7. The number of benzene rings is 2. The molecule has 4 aromatic rings.